The van der Waals surface area contributed by atoms with Gasteiger partial charge in [0.1, 0.15) is 0 Å². The molecule has 0 fully saturated rings. The van der Waals surface area contributed by atoms with Crippen LogP contribution in [0, 0.1) is 0 Å². The molecule has 0 unspecified atom stereocenters. The van der Waals surface area contributed by atoms with Crippen LogP contribution in [-0.2, 0) is 4.79 Å². The number of amides is 1. The van der Waals surface area contributed by atoms with E-state index < -0.39 is 12.7 Å². The van der Waals surface area contributed by atoms with Gasteiger partial charge in [-0.05, 0) is 34.7 Å². The normalized spacial score (nSPS) is 12.6. The van der Waals surface area contributed by atoms with E-state index in [4.69, 9.17) is 0 Å². The summed E-state index contributed by atoms with van der Waals surface area (Å²) < 4.78 is 36.8. The van der Waals surface area contributed by atoms with E-state index in [-0.39, 0.29) is 55.1 Å². The zero-order valence-electron chi connectivity index (χ0n) is 15.8. The Morgan fingerprint density at radius 1 is 1.16 bits per heavy atom. The molecular weight excluding hydrogens is 450 g/mol. The van der Waals surface area contributed by atoms with Gasteiger partial charge in [0.2, 0.25) is 5.91 Å². The number of aliphatic imine (C=N–C) groups is 1. The second-order valence-electron chi connectivity index (χ2n) is 6.74. The molecule has 0 rings (SSSR count). The van der Waals surface area contributed by atoms with E-state index in [1.807, 2.05) is 27.7 Å². The van der Waals surface area contributed by atoms with Crippen LogP contribution >= 0.6 is 24.0 Å². The van der Waals surface area contributed by atoms with Crippen molar-refractivity contribution in [3.05, 3.63) is 0 Å². The number of hydrogen-bond donors (Lipinski definition) is 2. The summed E-state index contributed by atoms with van der Waals surface area (Å²) in [5.41, 5.74) is -0.326. The molecule has 0 aliphatic carbocycles. The topological polar surface area (TPSA) is 60.0 Å². The van der Waals surface area contributed by atoms with Gasteiger partial charge in [-0.1, -0.05) is 0 Å². The van der Waals surface area contributed by atoms with Crippen LogP contribution in [0.1, 0.15) is 27.7 Å². The van der Waals surface area contributed by atoms with Gasteiger partial charge in [0, 0.05) is 25.7 Å². The predicted octanol–water partition coefficient (Wildman–Crippen LogP) is 1.91. The Bertz CT molecular complexity index is 424. The molecule has 0 aliphatic heterocycles. The van der Waals surface area contributed by atoms with Crippen molar-refractivity contribution in [3.8, 4) is 0 Å². The van der Waals surface area contributed by atoms with Crippen LogP contribution in [0.5, 0.6) is 0 Å². The highest BCUT2D eigenvalue weighted by molar-refractivity contribution is 14.0. The summed E-state index contributed by atoms with van der Waals surface area (Å²) in [5.74, 6) is 0.340. The third-order valence-corrected chi connectivity index (χ3v) is 2.78. The minimum absolute atomic E-state index is 0. The lowest BCUT2D eigenvalue weighted by Crippen LogP contribution is -2.49. The van der Waals surface area contributed by atoms with Crippen LogP contribution in [-0.4, -0.2) is 80.2 Å². The molecule has 150 valence electrons. The highest BCUT2D eigenvalue weighted by atomic mass is 127. The zero-order valence-corrected chi connectivity index (χ0v) is 18.2. The second-order valence-corrected chi connectivity index (χ2v) is 6.74. The summed E-state index contributed by atoms with van der Waals surface area (Å²) in [5, 5.41) is 5.88. The Morgan fingerprint density at radius 2 is 1.72 bits per heavy atom. The Hall–Kier alpha value is -0.780. The summed E-state index contributed by atoms with van der Waals surface area (Å²) >= 11 is 0. The number of nitrogens with one attached hydrogen (secondary N) is 2. The molecule has 0 aromatic carbocycles. The quantitative estimate of drug-likeness (QED) is 0.332. The van der Waals surface area contributed by atoms with Crippen LogP contribution < -0.4 is 10.6 Å². The summed E-state index contributed by atoms with van der Waals surface area (Å²) in [6.45, 7) is 7.68. The Labute approximate surface area is 165 Å². The first-order valence-corrected chi connectivity index (χ1v) is 7.90. The van der Waals surface area contributed by atoms with Gasteiger partial charge >= 0.3 is 6.18 Å². The van der Waals surface area contributed by atoms with Crippen LogP contribution in [0.25, 0.3) is 0 Å². The molecular formula is C15H31F3IN5O. The van der Waals surface area contributed by atoms with Crippen molar-refractivity contribution < 1.29 is 18.0 Å². The van der Waals surface area contributed by atoms with Gasteiger partial charge in [0.25, 0.3) is 0 Å². The summed E-state index contributed by atoms with van der Waals surface area (Å²) in [6.07, 6.45) is -4.22. The maximum absolute atomic E-state index is 12.3. The fourth-order valence-electron chi connectivity index (χ4n) is 1.93. The van der Waals surface area contributed by atoms with Gasteiger partial charge in [0.15, 0.2) is 5.96 Å². The van der Waals surface area contributed by atoms with Crippen molar-refractivity contribution in [3.63, 3.8) is 0 Å². The molecule has 0 spiro atoms. The van der Waals surface area contributed by atoms with E-state index in [0.29, 0.717) is 12.5 Å². The average molecular weight is 481 g/mol. The van der Waals surface area contributed by atoms with Crippen molar-refractivity contribution in [1.82, 2.24) is 20.4 Å². The van der Waals surface area contributed by atoms with Crippen molar-refractivity contribution in [2.75, 3.05) is 46.8 Å². The fraction of sp³-hybridized carbons (Fsp3) is 0.867. The van der Waals surface area contributed by atoms with E-state index in [1.165, 1.54) is 11.9 Å². The van der Waals surface area contributed by atoms with Gasteiger partial charge in [-0.3, -0.25) is 14.7 Å². The maximum Gasteiger partial charge on any atom is 0.401 e. The predicted molar refractivity (Wildman–Crippen MR) is 105 cm³/mol. The molecule has 0 atom stereocenters. The standard InChI is InChI=1S/C15H30F3N5O.HI/c1-7-19-13(20-8-9-22(5)11-15(16,17)18)23(6)10-12(24)21-14(2,3)4;/h7-11H2,1-6H3,(H,19,20)(H,21,24);1H. The first-order chi connectivity index (χ1) is 10.8. The van der Waals surface area contributed by atoms with Gasteiger partial charge in [-0.2, -0.15) is 13.2 Å². The Balaban J connectivity index is 0. The second kappa shape index (κ2) is 11.8. The van der Waals surface area contributed by atoms with Gasteiger partial charge < -0.3 is 15.5 Å². The molecule has 0 heterocycles. The van der Waals surface area contributed by atoms with Crippen LogP contribution in [0.15, 0.2) is 4.99 Å². The molecule has 0 aromatic heterocycles. The third kappa shape index (κ3) is 15.2. The average Bonchev–Trinajstić information content (AvgIpc) is 2.32. The Morgan fingerprint density at radius 3 is 2.16 bits per heavy atom. The first-order valence-electron chi connectivity index (χ1n) is 7.90. The fourth-order valence-corrected chi connectivity index (χ4v) is 1.93. The SMILES string of the molecule is CCNC(=NCCN(C)CC(F)(F)F)N(C)CC(=O)NC(C)(C)C.I. The largest absolute Gasteiger partial charge is 0.401 e. The lowest BCUT2D eigenvalue weighted by molar-refractivity contribution is -0.142. The first kappa shape index (κ1) is 26.4. The van der Waals surface area contributed by atoms with Crippen molar-refractivity contribution in [2.24, 2.45) is 4.99 Å². The summed E-state index contributed by atoms with van der Waals surface area (Å²) in [6, 6.07) is 0. The minimum atomic E-state index is -4.22. The monoisotopic (exact) mass is 481 g/mol. The Kier molecular flexibility index (Phi) is 12.4. The lowest BCUT2D eigenvalue weighted by atomic mass is 10.1. The number of carbonyl (C=O) groups excluding carboxylic acids is 1. The molecule has 0 saturated heterocycles. The number of alkyl halides is 3. The highest BCUT2D eigenvalue weighted by Gasteiger charge is 2.28. The van der Waals surface area contributed by atoms with Crippen molar-refractivity contribution >= 4 is 35.8 Å². The number of likely N-dealkylation sites (N-methyl/N-ethyl adjacent to an activating group) is 2. The molecule has 1 amide bonds. The number of guanidine groups is 1. The maximum atomic E-state index is 12.3. The number of carbonyl (C=O) groups is 1. The number of halogens is 4. The van der Waals surface area contributed by atoms with E-state index in [9.17, 15) is 18.0 Å². The van der Waals surface area contributed by atoms with Crippen molar-refractivity contribution in [1.29, 1.82) is 0 Å². The van der Waals surface area contributed by atoms with Gasteiger partial charge in [-0.25, -0.2) is 0 Å². The highest BCUT2D eigenvalue weighted by Crippen LogP contribution is 2.15. The van der Waals surface area contributed by atoms with E-state index in [1.54, 1.807) is 11.9 Å². The smallest absolute Gasteiger partial charge is 0.357 e. The van der Waals surface area contributed by atoms with E-state index >= 15 is 0 Å². The summed E-state index contributed by atoms with van der Waals surface area (Å²) in [4.78, 5) is 19.0. The van der Waals surface area contributed by atoms with E-state index in [2.05, 4.69) is 15.6 Å². The molecule has 0 bridgehead atoms. The molecule has 0 aliphatic rings. The number of hydrogen-bond acceptors (Lipinski definition) is 3. The minimum Gasteiger partial charge on any atom is -0.357 e. The summed E-state index contributed by atoms with van der Waals surface area (Å²) in [7, 11) is 3.11. The van der Waals surface area contributed by atoms with E-state index in [0.717, 1.165) is 0 Å². The third-order valence-electron chi connectivity index (χ3n) is 2.78. The molecule has 0 radical (unpaired) electrons. The van der Waals surface area contributed by atoms with Crippen LogP contribution in [0.3, 0.4) is 0 Å². The lowest BCUT2D eigenvalue weighted by Gasteiger charge is -2.25. The van der Waals surface area contributed by atoms with Gasteiger partial charge in [0.05, 0.1) is 19.6 Å². The molecule has 6 nitrogen and oxygen atoms in total. The molecule has 2 N–H and O–H groups in total. The molecule has 10 heteroatoms. The van der Waals surface area contributed by atoms with Crippen LogP contribution in [0.2, 0.25) is 0 Å². The molecule has 0 aromatic rings. The van der Waals surface area contributed by atoms with Gasteiger partial charge in [-0.15, -0.1) is 24.0 Å². The van der Waals surface area contributed by atoms with Crippen molar-refractivity contribution in [2.45, 2.75) is 39.4 Å². The molecule has 25 heavy (non-hydrogen) atoms. The molecule has 0 saturated carbocycles. The van der Waals surface area contributed by atoms with Crippen LogP contribution in [0.4, 0.5) is 13.2 Å². The zero-order chi connectivity index (χ0) is 19.0. The number of rotatable bonds is 7. The number of nitrogens with zero attached hydrogens (tertiary/aromatic N) is 3.